The number of nitrogens with one attached hydrogen (secondary N) is 1. The zero-order valence-corrected chi connectivity index (χ0v) is 8.19. The first-order valence-corrected chi connectivity index (χ1v) is 4.74. The molecule has 0 aromatic heterocycles. The molecule has 0 aromatic carbocycles. The molecule has 0 spiro atoms. The highest BCUT2D eigenvalue weighted by molar-refractivity contribution is 7.80. The minimum absolute atomic E-state index is 0.208. The summed E-state index contributed by atoms with van der Waals surface area (Å²) in [5, 5.41) is 3.27. The van der Waals surface area contributed by atoms with Gasteiger partial charge in [0, 0.05) is 6.54 Å². The van der Waals surface area contributed by atoms with Crippen molar-refractivity contribution < 1.29 is 4.74 Å². The Balaban J connectivity index is 2.17. The first-order chi connectivity index (χ1) is 5.70. The number of thiocarbonyl (C=S) groups is 1. The second kappa shape index (κ2) is 4.74. The van der Waals surface area contributed by atoms with Crippen LogP contribution in [0.3, 0.4) is 0 Å². The van der Waals surface area contributed by atoms with Gasteiger partial charge in [-0.15, -0.1) is 0 Å². The van der Waals surface area contributed by atoms with E-state index in [4.69, 9.17) is 22.7 Å². The van der Waals surface area contributed by atoms with Gasteiger partial charge in [0.05, 0.1) is 11.6 Å². The van der Waals surface area contributed by atoms with E-state index in [0.717, 1.165) is 26.0 Å². The van der Waals surface area contributed by atoms with Crippen molar-refractivity contribution in [2.24, 2.45) is 11.7 Å². The van der Waals surface area contributed by atoms with E-state index < -0.39 is 0 Å². The molecule has 3 nitrogen and oxygen atoms in total. The molecule has 3 N–H and O–H groups in total. The molecule has 4 heteroatoms. The summed E-state index contributed by atoms with van der Waals surface area (Å²) in [6.07, 6.45) is 2.03. The van der Waals surface area contributed by atoms with Gasteiger partial charge in [0.2, 0.25) is 0 Å². The molecular formula is C8H16N2OS. The average molecular weight is 188 g/mol. The van der Waals surface area contributed by atoms with E-state index in [-0.39, 0.29) is 6.23 Å². The van der Waals surface area contributed by atoms with E-state index in [1.54, 1.807) is 0 Å². The van der Waals surface area contributed by atoms with Crippen molar-refractivity contribution in [3.63, 3.8) is 0 Å². The fourth-order valence-corrected chi connectivity index (χ4v) is 1.45. The summed E-state index contributed by atoms with van der Waals surface area (Å²) in [5.74, 6) is 0.494. The first-order valence-electron chi connectivity index (χ1n) is 4.33. The minimum atomic E-state index is 0.208. The van der Waals surface area contributed by atoms with E-state index in [1.165, 1.54) is 0 Å². The largest absolute Gasteiger partial charge is 0.393 e. The van der Waals surface area contributed by atoms with E-state index >= 15 is 0 Å². The van der Waals surface area contributed by atoms with Gasteiger partial charge in [-0.2, -0.15) is 0 Å². The molecule has 0 radical (unpaired) electrons. The maximum atomic E-state index is 5.45. The van der Waals surface area contributed by atoms with Crippen molar-refractivity contribution in [1.29, 1.82) is 0 Å². The topological polar surface area (TPSA) is 47.3 Å². The van der Waals surface area contributed by atoms with Crippen LogP contribution in [0.2, 0.25) is 0 Å². The van der Waals surface area contributed by atoms with Gasteiger partial charge in [-0.3, -0.25) is 5.32 Å². The minimum Gasteiger partial charge on any atom is -0.393 e. The van der Waals surface area contributed by atoms with Crippen molar-refractivity contribution in [1.82, 2.24) is 5.32 Å². The highest BCUT2D eigenvalue weighted by Gasteiger charge is 2.20. The fourth-order valence-electron chi connectivity index (χ4n) is 1.33. The molecule has 2 unspecified atom stereocenters. The van der Waals surface area contributed by atoms with Crippen molar-refractivity contribution in [2.45, 2.75) is 26.0 Å². The summed E-state index contributed by atoms with van der Waals surface area (Å²) in [6.45, 7) is 3.94. The summed E-state index contributed by atoms with van der Waals surface area (Å²) in [6, 6.07) is 0. The van der Waals surface area contributed by atoms with Gasteiger partial charge >= 0.3 is 0 Å². The molecule has 2 atom stereocenters. The van der Waals surface area contributed by atoms with Gasteiger partial charge in [0.1, 0.15) is 6.23 Å². The lowest BCUT2D eigenvalue weighted by atomic mass is 10.0. The molecule has 0 bridgehead atoms. The Morgan fingerprint density at radius 1 is 1.83 bits per heavy atom. The summed E-state index contributed by atoms with van der Waals surface area (Å²) in [5.41, 5.74) is 5.41. The normalized spacial score (nSPS) is 25.6. The predicted octanol–water partition coefficient (Wildman–Crippen LogP) is 0.635. The number of ether oxygens (including phenoxy) is 1. The Bertz CT molecular complexity index is 157. The van der Waals surface area contributed by atoms with Crippen molar-refractivity contribution in [3.05, 3.63) is 0 Å². The second-order valence-electron chi connectivity index (χ2n) is 3.23. The molecule has 1 aliphatic rings. The molecule has 12 heavy (non-hydrogen) atoms. The monoisotopic (exact) mass is 188 g/mol. The zero-order valence-electron chi connectivity index (χ0n) is 7.38. The fraction of sp³-hybridized carbons (Fsp3) is 0.875. The van der Waals surface area contributed by atoms with Gasteiger partial charge in [0.15, 0.2) is 0 Å². The maximum Gasteiger partial charge on any atom is 0.110 e. The second-order valence-corrected chi connectivity index (χ2v) is 3.75. The van der Waals surface area contributed by atoms with Gasteiger partial charge in [-0.05, 0) is 18.8 Å². The Morgan fingerprint density at radius 3 is 3.08 bits per heavy atom. The van der Waals surface area contributed by atoms with Crippen LogP contribution in [-0.4, -0.2) is 24.4 Å². The van der Waals surface area contributed by atoms with Crippen LogP contribution in [0, 0.1) is 5.92 Å². The molecular weight excluding hydrogens is 172 g/mol. The predicted molar refractivity (Wildman–Crippen MR) is 52.9 cm³/mol. The summed E-state index contributed by atoms with van der Waals surface area (Å²) < 4.78 is 5.45. The molecule has 1 rings (SSSR count). The van der Waals surface area contributed by atoms with Crippen LogP contribution in [0.5, 0.6) is 0 Å². The molecule has 1 heterocycles. The van der Waals surface area contributed by atoms with Crippen molar-refractivity contribution in [3.8, 4) is 0 Å². The lowest BCUT2D eigenvalue weighted by Crippen LogP contribution is -2.30. The number of hydrogen-bond acceptors (Lipinski definition) is 3. The number of rotatable bonds is 4. The first kappa shape index (κ1) is 9.89. The standard InChI is InChI=1S/C8H16N2OS/c1-6(2-3-7(9)12)8-10-4-5-11-8/h6,8,10H,2-5H2,1H3,(H2,9,12). The third-order valence-electron chi connectivity index (χ3n) is 2.11. The molecule has 1 saturated heterocycles. The molecule has 0 saturated carbocycles. The Labute approximate surface area is 78.7 Å². The molecule has 0 aromatic rings. The van der Waals surface area contributed by atoms with Gasteiger partial charge in [-0.25, -0.2) is 0 Å². The molecule has 0 amide bonds. The number of hydrogen-bond donors (Lipinski definition) is 2. The van der Waals surface area contributed by atoms with Crippen LogP contribution in [0.15, 0.2) is 0 Å². The van der Waals surface area contributed by atoms with Crippen molar-refractivity contribution in [2.75, 3.05) is 13.2 Å². The third kappa shape index (κ3) is 3.05. The Morgan fingerprint density at radius 2 is 2.58 bits per heavy atom. The average Bonchev–Trinajstić information content (AvgIpc) is 2.51. The summed E-state index contributed by atoms with van der Waals surface area (Å²) in [4.78, 5) is 0.597. The van der Waals surface area contributed by atoms with Crippen LogP contribution < -0.4 is 11.1 Å². The van der Waals surface area contributed by atoms with Crippen LogP contribution >= 0.6 is 12.2 Å². The van der Waals surface area contributed by atoms with Gasteiger partial charge in [-0.1, -0.05) is 19.1 Å². The van der Waals surface area contributed by atoms with E-state index in [9.17, 15) is 0 Å². The molecule has 1 aliphatic heterocycles. The van der Waals surface area contributed by atoms with Gasteiger partial charge in [0.25, 0.3) is 0 Å². The summed E-state index contributed by atoms with van der Waals surface area (Å²) >= 11 is 4.81. The van der Waals surface area contributed by atoms with Crippen LogP contribution in [-0.2, 0) is 4.74 Å². The highest BCUT2D eigenvalue weighted by Crippen LogP contribution is 2.14. The van der Waals surface area contributed by atoms with E-state index in [1.807, 2.05) is 0 Å². The third-order valence-corrected chi connectivity index (χ3v) is 2.31. The van der Waals surface area contributed by atoms with Gasteiger partial charge < -0.3 is 10.5 Å². The van der Waals surface area contributed by atoms with Crippen molar-refractivity contribution >= 4 is 17.2 Å². The zero-order chi connectivity index (χ0) is 8.97. The van der Waals surface area contributed by atoms with Crippen LogP contribution in [0.4, 0.5) is 0 Å². The van der Waals surface area contributed by atoms with E-state index in [2.05, 4.69) is 12.2 Å². The molecule has 70 valence electrons. The quantitative estimate of drug-likeness (QED) is 0.635. The smallest absolute Gasteiger partial charge is 0.110 e. The Hall–Kier alpha value is -0.190. The number of nitrogens with two attached hydrogens (primary N) is 1. The highest BCUT2D eigenvalue weighted by atomic mass is 32.1. The Kier molecular flexibility index (Phi) is 3.91. The van der Waals surface area contributed by atoms with Crippen LogP contribution in [0.25, 0.3) is 0 Å². The van der Waals surface area contributed by atoms with Crippen LogP contribution in [0.1, 0.15) is 19.8 Å². The molecule has 1 fully saturated rings. The molecule has 0 aliphatic carbocycles. The lowest BCUT2D eigenvalue weighted by Gasteiger charge is -2.17. The maximum absolute atomic E-state index is 5.45. The lowest BCUT2D eigenvalue weighted by molar-refractivity contribution is 0.0562. The summed E-state index contributed by atoms with van der Waals surface area (Å²) in [7, 11) is 0. The SMILES string of the molecule is CC(CCC(N)=S)C1NCCO1. The van der Waals surface area contributed by atoms with E-state index in [0.29, 0.717) is 10.9 Å².